The van der Waals surface area contributed by atoms with Gasteiger partial charge >= 0.3 is 0 Å². The molecule has 0 atom stereocenters. The Labute approximate surface area is 185 Å². The van der Waals surface area contributed by atoms with Crippen LogP contribution in [0.3, 0.4) is 0 Å². The van der Waals surface area contributed by atoms with E-state index in [9.17, 15) is 0 Å². The van der Waals surface area contributed by atoms with Crippen LogP contribution in [0.1, 0.15) is 18.1 Å². The van der Waals surface area contributed by atoms with E-state index in [1.165, 1.54) is 5.56 Å². The topological polar surface area (TPSA) is 77.2 Å². The molecule has 5 rings (SSSR count). The van der Waals surface area contributed by atoms with E-state index in [0.717, 1.165) is 33.4 Å². The molecule has 0 aliphatic carbocycles. The number of hydrogen-bond acceptors (Lipinski definition) is 6. The van der Waals surface area contributed by atoms with Crippen LogP contribution in [0.25, 0.3) is 22.1 Å². The Kier molecular flexibility index (Phi) is 5.45. The predicted molar refractivity (Wildman–Crippen MR) is 127 cm³/mol. The van der Waals surface area contributed by atoms with Crippen molar-refractivity contribution in [2.75, 3.05) is 12.0 Å². The van der Waals surface area contributed by atoms with Gasteiger partial charge in [0.25, 0.3) is 5.95 Å². The molecule has 3 aromatic carbocycles. The summed E-state index contributed by atoms with van der Waals surface area (Å²) in [5.41, 5.74) is 7.57. The van der Waals surface area contributed by atoms with Crippen LogP contribution >= 0.6 is 0 Å². The van der Waals surface area contributed by atoms with Crippen molar-refractivity contribution in [1.29, 1.82) is 0 Å². The molecule has 2 aromatic heterocycles. The third-order valence-electron chi connectivity index (χ3n) is 5.14. The third kappa shape index (κ3) is 3.88. The summed E-state index contributed by atoms with van der Waals surface area (Å²) in [5, 5.41) is 14.0. The zero-order chi connectivity index (χ0) is 21.8. The molecule has 0 saturated heterocycles. The first-order valence-corrected chi connectivity index (χ1v) is 10.5. The maximum absolute atomic E-state index is 5.64. The van der Waals surface area contributed by atoms with Gasteiger partial charge in [0.05, 0.1) is 18.3 Å². The highest BCUT2D eigenvalue weighted by atomic mass is 16.5. The van der Waals surface area contributed by atoms with Crippen molar-refractivity contribution < 1.29 is 4.74 Å². The molecule has 0 spiro atoms. The number of fused-ring (bicyclic) bond motifs is 3. The third-order valence-corrected chi connectivity index (χ3v) is 5.14. The number of benzene rings is 3. The summed E-state index contributed by atoms with van der Waals surface area (Å²) in [6.45, 7) is 3.23. The van der Waals surface area contributed by atoms with Crippen LogP contribution in [0.15, 0.2) is 84.0 Å². The minimum Gasteiger partial charge on any atom is -0.493 e. The number of hydrogen-bond donors (Lipinski definition) is 1. The van der Waals surface area contributed by atoms with Crippen molar-refractivity contribution in [1.82, 2.24) is 19.7 Å². The minimum atomic E-state index is 0.333. The first-order valence-electron chi connectivity index (χ1n) is 10.5. The molecule has 0 aliphatic rings. The van der Waals surface area contributed by atoms with E-state index in [2.05, 4.69) is 43.5 Å². The average Bonchev–Trinajstić information content (AvgIpc) is 3.14. The van der Waals surface area contributed by atoms with Gasteiger partial charge in [0, 0.05) is 17.5 Å². The summed E-state index contributed by atoms with van der Waals surface area (Å²) in [6.07, 6.45) is 1.69. The first-order chi connectivity index (χ1) is 15.8. The van der Waals surface area contributed by atoms with Crippen LogP contribution in [0, 0.1) is 0 Å². The summed E-state index contributed by atoms with van der Waals surface area (Å²) < 4.78 is 7.80. The highest BCUT2D eigenvalue weighted by molar-refractivity contribution is 6.04. The molecule has 1 N–H and O–H groups in total. The number of rotatable bonds is 7. The number of hydrazone groups is 1. The molecule has 7 nitrogen and oxygen atoms in total. The molecular weight excluding hydrogens is 400 g/mol. The molecule has 0 fully saturated rings. The molecular formula is C25H22N6O. The lowest BCUT2D eigenvalue weighted by atomic mass is 10.2. The van der Waals surface area contributed by atoms with Gasteiger partial charge in [0.1, 0.15) is 11.3 Å². The molecule has 0 aliphatic heterocycles. The summed E-state index contributed by atoms with van der Waals surface area (Å²) in [7, 11) is 0. The Hall–Kier alpha value is -4.26. The van der Waals surface area contributed by atoms with Gasteiger partial charge < -0.3 is 9.30 Å². The van der Waals surface area contributed by atoms with Crippen molar-refractivity contribution in [3.63, 3.8) is 0 Å². The predicted octanol–water partition coefficient (Wildman–Crippen LogP) is 4.87. The quantitative estimate of drug-likeness (QED) is 0.299. The van der Waals surface area contributed by atoms with Crippen molar-refractivity contribution in [2.45, 2.75) is 13.5 Å². The summed E-state index contributed by atoms with van der Waals surface area (Å²) in [6, 6.07) is 26.2. The largest absolute Gasteiger partial charge is 0.493 e. The number of anilines is 1. The van der Waals surface area contributed by atoms with Gasteiger partial charge in [0.2, 0.25) is 0 Å². The molecule has 2 heterocycles. The zero-order valence-corrected chi connectivity index (χ0v) is 17.6. The monoisotopic (exact) mass is 422 g/mol. The summed E-state index contributed by atoms with van der Waals surface area (Å²) >= 11 is 0. The molecule has 0 bridgehead atoms. The maximum atomic E-state index is 5.64. The van der Waals surface area contributed by atoms with Gasteiger partial charge in [-0.15, -0.1) is 10.2 Å². The lowest BCUT2D eigenvalue weighted by Crippen LogP contribution is -2.04. The van der Waals surface area contributed by atoms with Gasteiger partial charge in [-0.1, -0.05) is 60.7 Å². The number of nitrogens with one attached hydrogen (secondary N) is 1. The van der Waals surface area contributed by atoms with Crippen LogP contribution in [0.5, 0.6) is 5.75 Å². The van der Waals surface area contributed by atoms with Crippen LogP contribution in [-0.4, -0.2) is 32.6 Å². The molecule has 0 unspecified atom stereocenters. The lowest BCUT2D eigenvalue weighted by molar-refractivity contribution is 0.340. The van der Waals surface area contributed by atoms with Gasteiger partial charge in [0.15, 0.2) is 5.65 Å². The van der Waals surface area contributed by atoms with E-state index in [4.69, 9.17) is 9.72 Å². The van der Waals surface area contributed by atoms with Gasteiger partial charge in [-0.3, -0.25) is 0 Å². The van der Waals surface area contributed by atoms with E-state index in [1.807, 2.05) is 67.6 Å². The SMILES string of the molecule is CCOc1ccccc1C=NNc1nnc2c3ccccc3n(Cc3ccccc3)c2n1. The van der Waals surface area contributed by atoms with Crippen molar-refractivity contribution in [2.24, 2.45) is 5.10 Å². The first kappa shape index (κ1) is 19.7. The van der Waals surface area contributed by atoms with Crippen LogP contribution in [0.2, 0.25) is 0 Å². The van der Waals surface area contributed by atoms with E-state index in [1.54, 1.807) is 6.21 Å². The minimum absolute atomic E-state index is 0.333. The molecule has 0 amide bonds. The number of aromatic nitrogens is 4. The average molecular weight is 422 g/mol. The Bertz CT molecular complexity index is 1390. The fourth-order valence-electron chi connectivity index (χ4n) is 3.71. The fraction of sp³-hybridized carbons (Fsp3) is 0.120. The van der Waals surface area contributed by atoms with E-state index < -0.39 is 0 Å². The molecule has 7 heteroatoms. The van der Waals surface area contributed by atoms with Crippen LogP contribution in [-0.2, 0) is 6.54 Å². The van der Waals surface area contributed by atoms with Gasteiger partial charge in [-0.05, 0) is 30.7 Å². The fourth-order valence-corrected chi connectivity index (χ4v) is 3.71. The van der Waals surface area contributed by atoms with Crippen LogP contribution in [0.4, 0.5) is 5.95 Å². The Morgan fingerprint density at radius 3 is 2.59 bits per heavy atom. The Morgan fingerprint density at radius 1 is 0.938 bits per heavy atom. The highest BCUT2D eigenvalue weighted by Gasteiger charge is 2.14. The van der Waals surface area contributed by atoms with E-state index in [-0.39, 0.29) is 0 Å². The molecule has 158 valence electrons. The van der Waals surface area contributed by atoms with Gasteiger partial charge in [-0.2, -0.15) is 10.1 Å². The normalized spacial score (nSPS) is 11.4. The standard InChI is InChI=1S/C25H22N6O/c1-2-32-22-15-9-6-12-19(22)16-26-29-25-27-24-23(28-30-25)20-13-7-8-14-21(20)31(24)17-18-10-4-3-5-11-18/h3-16H,2,17H2,1H3,(H,27,29,30). The van der Waals surface area contributed by atoms with E-state index in [0.29, 0.717) is 19.1 Å². The maximum Gasteiger partial charge on any atom is 0.265 e. The summed E-state index contributed by atoms with van der Waals surface area (Å²) in [4.78, 5) is 4.73. The smallest absolute Gasteiger partial charge is 0.265 e. The molecule has 32 heavy (non-hydrogen) atoms. The number of nitrogens with zero attached hydrogens (tertiary/aromatic N) is 5. The molecule has 5 aromatic rings. The number of ether oxygens (including phenoxy) is 1. The Morgan fingerprint density at radius 2 is 1.72 bits per heavy atom. The molecule has 0 radical (unpaired) electrons. The second kappa shape index (κ2) is 8.85. The lowest BCUT2D eigenvalue weighted by Gasteiger charge is -2.07. The summed E-state index contributed by atoms with van der Waals surface area (Å²) in [5.74, 6) is 1.11. The highest BCUT2D eigenvalue weighted by Crippen LogP contribution is 2.27. The van der Waals surface area contributed by atoms with E-state index >= 15 is 0 Å². The second-order valence-electron chi connectivity index (χ2n) is 7.24. The van der Waals surface area contributed by atoms with Gasteiger partial charge in [-0.25, -0.2) is 5.43 Å². The van der Waals surface area contributed by atoms with Crippen molar-refractivity contribution >= 4 is 34.2 Å². The van der Waals surface area contributed by atoms with Crippen molar-refractivity contribution in [3.8, 4) is 5.75 Å². The van der Waals surface area contributed by atoms with Crippen LogP contribution < -0.4 is 10.2 Å². The molecule has 0 saturated carbocycles. The number of para-hydroxylation sites is 2. The Balaban J connectivity index is 1.49. The second-order valence-corrected chi connectivity index (χ2v) is 7.24. The zero-order valence-electron chi connectivity index (χ0n) is 17.6. The van der Waals surface area contributed by atoms with Crippen molar-refractivity contribution in [3.05, 3.63) is 90.0 Å².